The Balaban J connectivity index is 1.20. The summed E-state index contributed by atoms with van der Waals surface area (Å²) in [6, 6.07) is 21.3. The zero-order valence-electron chi connectivity index (χ0n) is 22.8. The van der Waals surface area contributed by atoms with Crippen molar-refractivity contribution in [3.63, 3.8) is 0 Å². The summed E-state index contributed by atoms with van der Waals surface area (Å²) in [6.07, 6.45) is 10.3. The van der Waals surface area contributed by atoms with Crippen LogP contribution in [0.1, 0.15) is 87.7 Å². The van der Waals surface area contributed by atoms with E-state index in [9.17, 15) is 9.90 Å². The quantitative estimate of drug-likeness (QED) is 0.369. The number of hydrogen-bond donors (Lipinski definition) is 1. The SMILES string of the molecule is O=C(O)N(C1CCCCC1)C1CC(CN2CCC(F)(CCCc3ccccc3)CC2)C(c2ccccc2)C1. The van der Waals surface area contributed by atoms with E-state index in [1.165, 1.54) is 17.5 Å². The lowest BCUT2D eigenvalue weighted by molar-refractivity contribution is 0.0411. The molecule has 2 aromatic rings. The van der Waals surface area contributed by atoms with Gasteiger partial charge >= 0.3 is 6.09 Å². The fourth-order valence-corrected chi connectivity index (χ4v) is 7.57. The molecule has 38 heavy (non-hydrogen) atoms. The molecule has 3 aliphatic rings. The molecule has 1 N–H and O–H groups in total. The van der Waals surface area contributed by atoms with Crippen LogP contribution < -0.4 is 0 Å². The third-order valence-corrected chi connectivity index (χ3v) is 9.66. The molecule has 5 heteroatoms. The average Bonchev–Trinajstić information content (AvgIpc) is 3.34. The van der Waals surface area contributed by atoms with E-state index in [-0.39, 0.29) is 12.1 Å². The number of benzene rings is 2. The summed E-state index contributed by atoms with van der Waals surface area (Å²) < 4.78 is 15.7. The molecule has 4 nitrogen and oxygen atoms in total. The van der Waals surface area contributed by atoms with E-state index in [0.29, 0.717) is 31.1 Å². The maximum absolute atomic E-state index is 15.7. The summed E-state index contributed by atoms with van der Waals surface area (Å²) in [5, 5.41) is 10.2. The number of carboxylic acid groups (broad SMARTS) is 1. The van der Waals surface area contributed by atoms with Crippen LogP contribution >= 0.6 is 0 Å². The fraction of sp³-hybridized carbons (Fsp3) is 0.606. The molecule has 3 atom stereocenters. The molecule has 206 valence electrons. The third-order valence-electron chi connectivity index (χ3n) is 9.66. The van der Waals surface area contributed by atoms with Crippen LogP contribution in [0.25, 0.3) is 0 Å². The van der Waals surface area contributed by atoms with Crippen LogP contribution in [-0.4, -0.2) is 58.4 Å². The first-order valence-electron chi connectivity index (χ1n) is 15.0. The topological polar surface area (TPSA) is 43.8 Å². The number of rotatable bonds is 9. The Labute approximate surface area is 228 Å². The smallest absolute Gasteiger partial charge is 0.407 e. The highest BCUT2D eigenvalue weighted by atomic mass is 19.1. The van der Waals surface area contributed by atoms with E-state index >= 15 is 4.39 Å². The molecule has 1 saturated heterocycles. The molecular formula is C33H45FN2O2. The van der Waals surface area contributed by atoms with Gasteiger partial charge in [-0.2, -0.15) is 0 Å². The highest BCUT2D eigenvalue weighted by Gasteiger charge is 2.43. The molecule has 3 fully saturated rings. The van der Waals surface area contributed by atoms with Crippen LogP contribution in [0.5, 0.6) is 0 Å². The van der Waals surface area contributed by atoms with Crippen molar-refractivity contribution >= 4 is 6.09 Å². The Morgan fingerprint density at radius 3 is 2.24 bits per heavy atom. The Hall–Kier alpha value is -2.40. The molecule has 0 aromatic heterocycles. The van der Waals surface area contributed by atoms with Crippen molar-refractivity contribution in [1.29, 1.82) is 0 Å². The van der Waals surface area contributed by atoms with Crippen LogP contribution in [0.2, 0.25) is 0 Å². The number of halogens is 1. The van der Waals surface area contributed by atoms with Gasteiger partial charge in [-0.05, 0) is 80.8 Å². The predicted molar refractivity (Wildman–Crippen MR) is 151 cm³/mol. The summed E-state index contributed by atoms with van der Waals surface area (Å²) in [5.74, 6) is 0.757. The first kappa shape index (κ1) is 27.2. The summed E-state index contributed by atoms with van der Waals surface area (Å²) in [6.45, 7) is 2.54. The standard InChI is InChI=1S/C33H45FN2O2/c34-33(18-10-13-26-11-4-1-5-12-26)19-21-35(22-20-33)25-28-23-30(24-31(28)27-14-6-2-7-15-27)36(32(37)38)29-16-8-3-9-17-29/h1-2,4-7,11-12,14-15,28-31H,3,8-10,13,16-25H2,(H,37,38). The number of aryl methyl sites for hydroxylation is 1. The number of likely N-dealkylation sites (tertiary alicyclic amines) is 1. The molecule has 2 aromatic carbocycles. The van der Waals surface area contributed by atoms with Crippen LogP contribution in [0, 0.1) is 5.92 Å². The Morgan fingerprint density at radius 1 is 0.921 bits per heavy atom. The molecule has 0 spiro atoms. The van der Waals surface area contributed by atoms with Gasteiger partial charge in [0, 0.05) is 31.7 Å². The first-order chi connectivity index (χ1) is 18.5. The van der Waals surface area contributed by atoms with Gasteiger partial charge < -0.3 is 14.9 Å². The van der Waals surface area contributed by atoms with E-state index in [2.05, 4.69) is 59.5 Å². The monoisotopic (exact) mass is 520 g/mol. The van der Waals surface area contributed by atoms with Crippen molar-refractivity contribution < 1.29 is 14.3 Å². The second-order valence-electron chi connectivity index (χ2n) is 12.2. The largest absolute Gasteiger partial charge is 0.465 e. The minimum Gasteiger partial charge on any atom is -0.465 e. The third kappa shape index (κ3) is 6.77. The number of piperidine rings is 1. The van der Waals surface area contributed by atoms with Crippen molar-refractivity contribution in [3.05, 3.63) is 71.8 Å². The predicted octanol–water partition coefficient (Wildman–Crippen LogP) is 7.69. The van der Waals surface area contributed by atoms with E-state index in [1.54, 1.807) is 0 Å². The number of hydrogen-bond acceptors (Lipinski definition) is 2. The Kier molecular flexibility index (Phi) is 9.04. The van der Waals surface area contributed by atoms with Gasteiger partial charge in [-0.1, -0.05) is 79.9 Å². The van der Waals surface area contributed by atoms with E-state index in [1.807, 2.05) is 11.0 Å². The molecule has 2 saturated carbocycles. The van der Waals surface area contributed by atoms with E-state index < -0.39 is 11.8 Å². The zero-order chi connectivity index (χ0) is 26.4. The number of nitrogens with zero attached hydrogens (tertiary/aromatic N) is 2. The van der Waals surface area contributed by atoms with Crippen molar-refractivity contribution in [3.8, 4) is 0 Å². The summed E-state index contributed by atoms with van der Waals surface area (Å²) in [4.78, 5) is 16.7. The van der Waals surface area contributed by atoms with Gasteiger partial charge in [0.25, 0.3) is 0 Å². The van der Waals surface area contributed by atoms with Gasteiger partial charge in [0.1, 0.15) is 5.67 Å². The van der Waals surface area contributed by atoms with Gasteiger partial charge in [0.05, 0.1) is 0 Å². The minimum atomic E-state index is -1.05. The maximum Gasteiger partial charge on any atom is 0.407 e. The molecule has 1 amide bonds. The van der Waals surface area contributed by atoms with Crippen molar-refractivity contribution in [2.24, 2.45) is 5.92 Å². The van der Waals surface area contributed by atoms with Crippen LogP contribution in [0.15, 0.2) is 60.7 Å². The number of amides is 1. The van der Waals surface area contributed by atoms with Crippen LogP contribution in [-0.2, 0) is 6.42 Å². The molecule has 3 unspecified atom stereocenters. The molecular weight excluding hydrogens is 475 g/mol. The van der Waals surface area contributed by atoms with Crippen molar-refractivity contribution in [1.82, 2.24) is 9.80 Å². The summed E-state index contributed by atoms with van der Waals surface area (Å²) >= 11 is 0. The number of alkyl halides is 1. The molecule has 1 heterocycles. The molecule has 0 radical (unpaired) electrons. The van der Waals surface area contributed by atoms with Gasteiger partial charge in [-0.3, -0.25) is 0 Å². The second kappa shape index (κ2) is 12.6. The Bertz CT molecular complexity index is 1000. The summed E-state index contributed by atoms with van der Waals surface area (Å²) in [5.41, 5.74) is 1.57. The molecule has 2 aliphatic carbocycles. The average molecular weight is 521 g/mol. The highest BCUT2D eigenvalue weighted by Crippen LogP contribution is 2.44. The zero-order valence-corrected chi connectivity index (χ0v) is 22.8. The minimum absolute atomic E-state index is 0.0776. The number of carbonyl (C=O) groups is 1. The van der Waals surface area contributed by atoms with Crippen molar-refractivity contribution in [2.45, 2.75) is 101 Å². The summed E-state index contributed by atoms with van der Waals surface area (Å²) in [7, 11) is 0. The van der Waals surface area contributed by atoms with Crippen LogP contribution in [0.3, 0.4) is 0 Å². The second-order valence-corrected chi connectivity index (χ2v) is 12.2. The van der Waals surface area contributed by atoms with E-state index in [4.69, 9.17) is 0 Å². The van der Waals surface area contributed by atoms with Gasteiger partial charge in [-0.25, -0.2) is 9.18 Å². The van der Waals surface area contributed by atoms with Gasteiger partial charge in [0.15, 0.2) is 0 Å². The van der Waals surface area contributed by atoms with Gasteiger partial charge in [0.2, 0.25) is 0 Å². The molecule has 0 bridgehead atoms. The molecule has 1 aliphatic heterocycles. The maximum atomic E-state index is 15.7. The van der Waals surface area contributed by atoms with Crippen molar-refractivity contribution in [2.75, 3.05) is 19.6 Å². The Morgan fingerprint density at radius 2 is 1.58 bits per heavy atom. The fourth-order valence-electron chi connectivity index (χ4n) is 7.57. The van der Waals surface area contributed by atoms with Crippen LogP contribution in [0.4, 0.5) is 9.18 Å². The lowest BCUT2D eigenvalue weighted by atomic mass is 9.85. The highest BCUT2D eigenvalue weighted by molar-refractivity contribution is 5.66. The van der Waals surface area contributed by atoms with Gasteiger partial charge in [-0.15, -0.1) is 0 Å². The first-order valence-corrected chi connectivity index (χ1v) is 15.0. The normalized spacial score (nSPS) is 26.3. The lowest BCUT2D eigenvalue weighted by Crippen LogP contribution is -2.47. The van der Waals surface area contributed by atoms with E-state index in [0.717, 1.165) is 71.0 Å². The lowest BCUT2D eigenvalue weighted by Gasteiger charge is -2.38. The molecule has 5 rings (SSSR count).